The minimum Gasteiger partial charge on any atom is -0.368 e. The van der Waals surface area contributed by atoms with Crippen molar-refractivity contribution in [3.8, 4) is 0 Å². The van der Waals surface area contributed by atoms with Crippen LogP contribution in [-0.4, -0.2) is 60.9 Å². The van der Waals surface area contributed by atoms with E-state index in [1.165, 1.54) is 6.08 Å². The summed E-state index contributed by atoms with van der Waals surface area (Å²) < 4.78 is 0. The Kier molecular flexibility index (Phi) is 5.41. The summed E-state index contributed by atoms with van der Waals surface area (Å²) in [6, 6.07) is 7.89. The molecule has 0 aromatic heterocycles. The van der Waals surface area contributed by atoms with Crippen LogP contribution in [0.15, 0.2) is 36.9 Å². The van der Waals surface area contributed by atoms with E-state index in [4.69, 9.17) is 0 Å². The monoisotopic (exact) mass is 341 g/mol. The van der Waals surface area contributed by atoms with Crippen molar-refractivity contribution in [3.63, 3.8) is 0 Å². The average molecular weight is 341 g/mol. The minimum atomic E-state index is -0.00329. The Bertz CT molecular complexity index is 625. The van der Waals surface area contributed by atoms with Gasteiger partial charge in [0.25, 0.3) is 5.91 Å². The predicted molar refractivity (Wildman–Crippen MR) is 99.7 cm³/mol. The number of benzene rings is 1. The summed E-state index contributed by atoms with van der Waals surface area (Å²) in [7, 11) is 0. The molecule has 0 N–H and O–H groups in total. The highest BCUT2D eigenvalue weighted by molar-refractivity contribution is 5.94. The molecular weight excluding hydrogens is 314 g/mol. The first kappa shape index (κ1) is 17.5. The lowest BCUT2D eigenvalue weighted by molar-refractivity contribution is -0.126. The first-order chi connectivity index (χ1) is 12.1. The Hall–Kier alpha value is -2.30. The molecule has 0 spiro atoms. The van der Waals surface area contributed by atoms with Gasteiger partial charge in [-0.3, -0.25) is 9.59 Å². The van der Waals surface area contributed by atoms with Crippen molar-refractivity contribution < 1.29 is 9.59 Å². The lowest BCUT2D eigenvalue weighted by Gasteiger charge is -2.35. The van der Waals surface area contributed by atoms with Gasteiger partial charge in [-0.15, -0.1) is 0 Å². The van der Waals surface area contributed by atoms with Crippen molar-refractivity contribution in [2.45, 2.75) is 19.8 Å². The van der Waals surface area contributed by atoms with Crippen molar-refractivity contribution >= 4 is 17.5 Å². The number of carbonyl (C=O) groups is 2. The fourth-order valence-electron chi connectivity index (χ4n) is 3.52. The van der Waals surface area contributed by atoms with E-state index in [1.807, 2.05) is 34.1 Å². The van der Waals surface area contributed by atoms with Gasteiger partial charge in [-0.25, -0.2) is 0 Å². The highest BCUT2D eigenvalue weighted by atomic mass is 16.2. The van der Waals surface area contributed by atoms with Crippen molar-refractivity contribution in [1.29, 1.82) is 0 Å². The van der Waals surface area contributed by atoms with E-state index < -0.39 is 0 Å². The zero-order valence-electron chi connectivity index (χ0n) is 15.0. The van der Waals surface area contributed by atoms with Crippen LogP contribution in [0.25, 0.3) is 0 Å². The van der Waals surface area contributed by atoms with Crippen LogP contribution in [0.4, 0.5) is 5.69 Å². The molecule has 0 atom stereocenters. The maximum atomic E-state index is 12.6. The van der Waals surface area contributed by atoms with Crippen molar-refractivity contribution in [2.24, 2.45) is 5.92 Å². The molecule has 0 bridgehead atoms. The summed E-state index contributed by atoms with van der Waals surface area (Å²) >= 11 is 0. The Morgan fingerprint density at radius 3 is 2.12 bits per heavy atom. The summed E-state index contributed by atoms with van der Waals surface area (Å²) in [6.45, 7) is 10.5. The number of hydrogen-bond acceptors (Lipinski definition) is 3. The molecular formula is C20H27N3O2. The van der Waals surface area contributed by atoms with Gasteiger partial charge >= 0.3 is 0 Å². The van der Waals surface area contributed by atoms with Gasteiger partial charge < -0.3 is 14.7 Å². The normalized spacial score (nSPS) is 19.0. The molecule has 134 valence electrons. The number of rotatable bonds is 3. The van der Waals surface area contributed by atoms with Crippen LogP contribution in [0.1, 0.15) is 30.1 Å². The highest BCUT2D eigenvalue weighted by Gasteiger charge is 2.22. The van der Waals surface area contributed by atoms with Crippen LogP contribution in [0.3, 0.4) is 0 Å². The zero-order valence-corrected chi connectivity index (χ0v) is 15.0. The summed E-state index contributed by atoms with van der Waals surface area (Å²) in [4.78, 5) is 30.3. The molecule has 5 nitrogen and oxygen atoms in total. The lowest BCUT2D eigenvalue weighted by Crippen LogP contribution is -2.48. The van der Waals surface area contributed by atoms with Crippen LogP contribution < -0.4 is 4.90 Å². The number of amides is 2. The van der Waals surface area contributed by atoms with Crippen molar-refractivity contribution in [2.75, 3.05) is 44.2 Å². The lowest BCUT2D eigenvalue weighted by atomic mass is 9.98. The van der Waals surface area contributed by atoms with Gasteiger partial charge in [0.15, 0.2) is 0 Å². The molecule has 2 aliphatic rings. The van der Waals surface area contributed by atoms with E-state index in [2.05, 4.69) is 18.4 Å². The van der Waals surface area contributed by atoms with Gasteiger partial charge in [0.05, 0.1) is 0 Å². The third-order valence-electron chi connectivity index (χ3n) is 5.32. The molecule has 2 aliphatic heterocycles. The predicted octanol–water partition coefficient (Wildman–Crippen LogP) is 2.39. The number of anilines is 1. The Morgan fingerprint density at radius 2 is 1.56 bits per heavy atom. The number of carbonyl (C=O) groups excluding carboxylic acids is 2. The fraction of sp³-hybridized carbons (Fsp3) is 0.500. The first-order valence-corrected chi connectivity index (χ1v) is 9.14. The number of nitrogens with zero attached hydrogens (tertiary/aromatic N) is 3. The number of piperidine rings is 1. The van der Waals surface area contributed by atoms with Crippen LogP contribution in [-0.2, 0) is 4.79 Å². The SMILES string of the molecule is C=CC(=O)N1CCN(c2ccc(C(=O)N3CCC(C)CC3)cc2)CC1. The number of hydrogen-bond donors (Lipinski definition) is 0. The Morgan fingerprint density at radius 1 is 0.960 bits per heavy atom. The standard InChI is InChI=1S/C20H27N3O2/c1-3-19(24)22-14-12-21(13-15-22)18-6-4-17(5-7-18)20(25)23-10-8-16(2)9-11-23/h3-7,16H,1,8-15H2,2H3. The Balaban J connectivity index is 1.58. The average Bonchev–Trinajstić information content (AvgIpc) is 2.67. The summed E-state index contributed by atoms with van der Waals surface area (Å²) in [5.74, 6) is 0.856. The molecule has 0 aliphatic carbocycles. The van der Waals surface area contributed by atoms with Crippen LogP contribution in [0, 0.1) is 5.92 Å². The van der Waals surface area contributed by atoms with Gasteiger partial charge in [0.1, 0.15) is 0 Å². The van der Waals surface area contributed by atoms with Gasteiger partial charge in [-0.2, -0.15) is 0 Å². The van der Waals surface area contributed by atoms with E-state index in [9.17, 15) is 9.59 Å². The smallest absolute Gasteiger partial charge is 0.253 e. The summed E-state index contributed by atoms with van der Waals surface area (Å²) in [5, 5.41) is 0. The Labute approximate surface area is 149 Å². The molecule has 2 fully saturated rings. The topological polar surface area (TPSA) is 43.9 Å². The summed E-state index contributed by atoms with van der Waals surface area (Å²) in [6.07, 6.45) is 3.56. The quantitative estimate of drug-likeness (QED) is 0.793. The van der Waals surface area contributed by atoms with E-state index >= 15 is 0 Å². The number of likely N-dealkylation sites (tertiary alicyclic amines) is 1. The first-order valence-electron chi connectivity index (χ1n) is 9.14. The highest BCUT2D eigenvalue weighted by Crippen LogP contribution is 2.21. The largest absolute Gasteiger partial charge is 0.368 e. The molecule has 2 saturated heterocycles. The third kappa shape index (κ3) is 4.03. The fourth-order valence-corrected chi connectivity index (χ4v) is 3.52. The number of piperazine rings is 1. The molecule has 3 rings (SSSR count). The molecule has 0 radical (unpaired) electrons. The van der Waals surface area contributed by atoms with Crippen LogP contribution in [0.2, 0.25) is 0 Å². The second kappa shape index (κ2) is 7.72. The second-order valence-electron chi connectivity index (χ2n) is 7.04. The van der Waals surface area contributed by atoms with Crippen molar-refractivity contribution in [3.05, 3.63) is 42.5 Å². The minimum absolute atomic E-state index is 0.00329. The van der Waals surface area contributed by atoms with Crippen molar-refractivity contribution in [1.82, 2.24) is 9.80 Å². The molecule has 0 unspecified atom stereocenters. The van der Waals surface area contributed by atoms with E-state index in [-0.39, 0.29) is 11.8 Å². The third-order valence-corrected chi connectivity index (χ3v) is 5.32. The van der Waals surface area contributed by atoms with Gasteiger partial charge in [0, 0.05) is 50.5 Å². The molecule has 1 aromatic carbocycles. The molecule has 1 aromatic rings. The van der Waals surface area contributed by atoms with E-state index in [0.29, 0.717) is 13.1 Å². The maximum Gasteiger partial charge on any atom is 0.253 e. The molecule has 2 amide bonds. The van der Waals surface area contributed by atoms with Gasteiger partial charge in [0.2, 0.25) is 5.91 Å². The van der Waals surface area contributed by atoms with Gasteiger partial charge in [-0.1, -0.05) is 13.5 Å². The van der Waals surface area contributed by atoms with E-state index in [0.717, 1.165) is 56.2 Å². The molecule has 2 heterocycles. The summed E-state index contributed by atoms with van der Waals surface area (Å²) in [5.41, 5.74) is 1.87. The van der Waals surface area contributed by atoms with Crippen LogP contribution >= 0.6 is 0 Å². The molecule has 0 saturated carbocycles. The van der Waals surface area contributed by atoms with Gasteiger partial charge in [-0.05, 0) is 49.1 Å². The van der Waals surface area contributed by atoms with Crippen LogP contribution in [0.5, 0.6) is 0 Å². The maximum absolute atomic E-state index is 12.6. The second-order valence-corrected chi connectivity index (χ2v) is 7.04. The zero-order chi connectivity index (χ0) is 17.8. The van der Waals surface area contributed by atoms with E-state index in [1.54, 1.807) is 0 Å². The molecule has 5 heteroatoms. The molecule has 25 heavy (non-hydrogen) atoms.